The number of nitrogens with one attached hydrogen (secondary N) is 1. The van der Waals surface area contributed by atoms with Crippen LogP contribution in [0.5, 0.6) is 0 Å². The lowest BCUT2D eigenvalue weighted by atomic mass is 10.1. The van der Waals surface area contributed by atoms with E-state index in [4.69, 9.17) is 0 Å². The molecular weight excluding hydrogens is 283 g/mol. The molecule has 2 N–H and O–H groups in total. The van der Waals surface area contributed by atoms with E-state index in [1.165, 1.54) is 23.6 Å². The fourth-order valence-electron chi connectivity index (χ4n) is 1.69. The number of carboxylic acid groups (broad SMARTS) is 1. The zero-order valence-corrected chi connectivity index (χ0v) is 11.5. The topological polar surface area (TPSA) is 79.3 Å². The third-order valence-corrected chi connectivity index (χ3v) is 3.94. The second-order valence-corrected chi connectivity index (χ2v) is 5.34. The molecular formula is C13H11FN2O3S. The highest BCUT2D eigenvalue weighted by atomic mass is 32.1. The number of pyridine rings is 1. The second-order valence-electron chi connectivity index (χ2n) is 4.11. The molecule has 0 atom stereocenters. The number of thiophene rings is 1. The maximum atomic E-state index is 13.0. The molecule has 0 saturated heterocycles. The van der Waals surface area contributed by atoms with Gasteiger partial charge in [-0.05, 0) is 25.5 Å². The van der Waals surface area contributed by atoms with E-state index in [1.54, 1.807) is 13.8 Å². The van der Waals surface area contributed by atoms with Crippen LogP contribution >= 0.6 is 11.3 Å². The summed E-state index contributed by atoms with van der Waals surface area (Å²) < 4.78 is 13.0. The van der Waals surface area contributed by atoms with Gasteiger partial charge in [0.2, 0.25) is 5.95 Å². The van der Waals surface area contributed by atoms with Crippen LogP contribution in [0, 0.1) is 19.8 Å². The van der Waals surface area contributed by atoms with Gasteiger partial charge in [0, 0.05) is 22.7 Å². The molecule has 2 rings (SSSR count). The monoisotopic (exact) mass is 294 g/mol. The van der Waals surface area contributed by atoms with Gasteiger partial charge >= 0.3 is 5.97 Å². The number of hydrogen-bond acceptors (Lipinski definition) is 4. The summed E-state index contributed by atoms with van der Waals surface area (Å²) in [5, 5.41) is 11.9. The fourth-order valence-corrected chi connectivity index (χ4v) is 2.74. The summed E-state index contributed by atoms with van der Waals surface area (Å²) in [6.07, 6.45) is 1.17. The Kier molecular flexibility index (Phi) is 3.80. The molecule has 0 spiro atoms. The van der Waals surface area contributed by atoms with Crippen LogP contribution < -0.4 is 5.32 Å². The van der Waals surface area contributed by atoms with Crippen LogP contribution in [0.4, 0.5) is 9.39 Å². The summed E-state index contributed by atoms with van der Waals surface area (Å²) in [6.45, 7) is 3.45. The zero-order valence-electron chi connectivity index (χ0n) is 10.7. The van der Waals surface area contributed by atoms with Crippen molar-refractivity contribution in [2.45, 2.75) is 13.8 Å². The average Bonchev–Trinajstić information content (AvgIpc) is 2.64. The van der Waals surface area contributed by atoms with Crippen molar-refractivity contribution in [1.29, 1.82) is 0 Å². The lowest BCUT2D eigenvalue weighted by Gasteiger charge is -2.04. The van der Waals surface area contributed by atoms with Crippen LogP contribution in [0.2, 0.25) is 0 Å². The van der Waals surface area contributed by atoms with Crippen molar-refractivity contribution in [1.82, 2.24) is 4.98 Å². The van der Waals surface area contributed by atoms with Crippen LogP contribution in [-0.4, -0.2) is 22.0 Å². The minimum atomic E-state index is -1.11. The number of aromatic carboxylic acids is 1. The third-order valence-electron chi connectivity index (χ3n) is 2.81. The van der Waals surface area contributed by atoms with Crippen LogP contribution in [0.3, 0.4) is 0 Å². The number of anilines is 1. The predicted molar refractivity (Wildman–Crippen MR) is 72.9 cm³/mol. The standard InChI is InChI=1S/C13H11FN2O3S/c1-6-7(2)20-12(10(6)13(18)19)16-11(17)8-3-4-15-9(14)5-8/h3-5H,1-2H3,(H,16,17)(H,18,19). The highest BCUT2D eigenvalue weighted by Gasteiger charge is 2.20. The van der Waals surface area contributed by atoms with Crippen molar-refractivity contribution in [3.8, 4) is 0 Å². The van der Waals surface area contributed by atoms with Gasteiger partial charge in [-0.25, -0.2) is 9.78 Å². The number of nitrogens with zero attached hydrogens (tertiary/aromatic N) is 1. The maximum absolute atomic E-state index is 13.0. The summed E-state index contributed by atoms with van der Waals surface area (Å²) in [5.74, 6) is -2.45. The van der Waals surface area contributed by atoms with Gasteiger partial charge in [-0.2, -0.15) is 4.39 Å². The Balaban J connectivity index is 2.33. The van der Waals surface area contributed by atoms with Crippen molar-refractivity contribution in [3.63, 3.8) is 0 Å². The number of hydrogen-bond donors (Lipinski definition) is 2. The predicted octanol–water partition coefficient (Wildman–Crippen LogP) is 2.85. The van der Waals surface area contributed by atoms with E-state index in [2.05, 4.69) is 10.3 Å². The molecule has 2 aromatic heterocycles. The average molecular weight is 294 g/mol. The van der Waals surface area contributed by atoms with E-state index in [0.29, 0.717) is 5.56 Å². The van der Waals surface area contributed by atoms with Crippen molar-refractivity contribution >= 4 is 28.2 Å². The Morgan fingerprint density at radius 3 is 2.70 bits per heavy atom. The van der Waals surface area contributed by atoms with Crippen LogP contribution in [0.25, 0.3) is 0 Å². The first kappa shape index (κ1) is 14.1. The molecule has 1 amide bonds. The highest BCUT2D eigenvalue weighted by molar-refractivity contribution is 7.16. The van der Waals surface area contributed by atoms with Crippen LogP contribution in [0.1, 0.15) is 31.2 Å². The number of carboxylic acids is 1. The van der Waals surface area contributed by atoms with E-state index < -0.39 is 17.8 Å². The zero-order chi connectivity index (χ0) is 14.9. The normalized spacial score (nSPS) is 10.3. The molecule has 104 valence electrons. The molecule has 2 aromatic rings. The van der Waals surface area contributed by atoms with E-state index in [0.717, 1.165) is 10.9 Å². The summed E-state index contributed by atoms with van der Waals surface area (Å²) >= 11 is 1.17. The molecule has 0 unspecified atom stereocenters. The van der Waals surface area contributed by atoms with Gasteiger partial charge in [0.05, 0.1) is 5.56 Å². The second kappa shape index (κ2) is 5.38. The smallest absolute Gasteiger partial charge is 0.338 e. The number of amides is 1. The number of carbonyl (C=O) groups is 2. The van der Waals surface area contributed by atoms with Gasteiger partial charge in [-0.15, -0.1) is 11.3 Å². The van der Waals surface area contributed by atoms with Gasteiger partial charge in [0.1, 0.15) is 5.00 Å². The molecule has 0 aliphatic rings. The van der Waals surface area contributed by atoms with Gasteiger partial charge < -0.3 is 10.4 Å². The van der Waals surface area contributed by atoms with Gasteiger partial charge in [0.25, 0.3) is 5.91 Å². The Morgan fingerprint density at radius 1 is 1.40 bits per heavy atom. The number of carbonyl (C=O) groups excluding carboxylic acids is 1. The van der Waals surface area contributed by atoms with Gasteiger partial charge in [0.15, 0.2) is 0 Å². The van der Waals surface area contributed by atoms with E-state index in [-0.39, 0.29) is 16.1 Å². The minimum absolute atomic E-state index is 0.0652. The van der Waals surface area contributed by atoms with Crippen molar-refractivity contribution < 1.29 is 19.1 Å². The largest absolute Gasteiger partial charge is 0.478 e. The molecule has 20 heavy (non-hydrogen) atoms. The molecule has 0 bridgehead atoms. The molecule has 0 fully saturated rings. The molecule has 5 nitrogen and oxygen atoms in total. The van der Waals surface area contributed by atoms with Crippen LogP contribution in [-0.2, 0) is 0 Å². The van der Waals surface area contributed by atoms with E-state index >= 15 is 0 Å². The molecule has 7 heteroatoms. The SMILES string of the molecule is Cc1sc(NC(=O)c2ccnc(F)c2)c(C(=O)O)c1C. The van der Waals surface area contributed by atoms with E-state index in [9.17, 15) is 19.1 Å². The Morgan fingerprint density at radius 2 is 2.10 bits per heavy atom. The highest BCUT2D eigenvalue weighted by Crippen LogP contribution is 2.32. The first-order chi connectivity index (χ1) is 9.40. The van der Waals surface area contributed by atoms with Crippen molar-refractivity contribution in [2.75, 3.05) is 5.32 Å². The fraction of sp³-hybridized carbons (Fsp3) is 0.154. The minimum Gasteiger partial charge on any atom is -0.478 e. The quantitative estimate of drug-likeness (QED) is 0.853. The third kappa shape index (κ3) is 2.67. The first-order valence-electron chi connectivity index (χ1n) is 5.66. The Hall–Kier alpha value is -2.28. The summed E-state index contributed by atoms with van der Waals surface area (Å²) in [6, 6.07) is 2.34. The maximum Gasteiger partial charge on any atom is 0.338 e. The molecule has 0 radical (unpaired) electrons. The Labute approximate surface area is 118 Å². The number of aryl methyl sites for hydroxylation is 1. The lowest BCUT2D eigenvalue weighted by molar-refractivity contribution is 0.0697. The van der Waals surface area contributed by atoms with E-state index in [1.807, 2.05) is 0 Å². The lowest BCUT2D eigenvalue weighted by Crippen LogP contribution is -2.14. The summed E-state index contributed by atoms with van der Waals surface area (Å²) in [5.41, 5.74) is 0.756. The molecule has 0 aliphatic heterocycles. The summed E-state index contributed by atoms with van der Waals surface area (Å²) in [7, 11) is 0. The Bertz CT molecular complexity index is 697. The van der Waals surface area contributed by atoms with Gasteiger partial charge in [-0.3, -0.25) is 4.79 Å². The number of rotatable bonds is 3. The van der Waals surface area contributed by atoms with Crippen LogP contribution in [0.15, 0.2) is 18.3 Å². The first-order valence-corrected chi connectivity index (χ1v) is 6.48. The number of aromatic nitrogens is 1. The molecule has 0 aliphatic carbocycles. The summed E-state index contributed by atoms with van der Waals surface area (Å²) in [4.78, 5) is 27.3. The van der Waals surface area contributed by atoms with Crippen molar-refractivity contribution in [3.05, 3.63) is 45.8 Å². The number of halogens is 1. The van der Waals surface area contributed by atoms with Gasteiger partial charge in [-0.1, -0.05) is 0 Å². The molecule has 2 heterocycles. The molecule has 0 saturated carbocycles. The molecule has 0 aromatic carbocycles. The van der Waals surface area contributed by atoms with Crippen molar-refractivity contribution in [2.24, 2.45) is 0 Å².